The number of carboxylic acids is 1. The van der Waals surface area contributed by atoms with Crippen molar-refractivity contribution in [3.05, 3.63) is 35.5 Å². The van der Waals surface area contributed by atoms with E-state index in [1.54, 1.807) is 11.4 Å². The maximum absolute atomic E-state index is 11.1. The molecule has 80 valence electrons. The van der Waals surface area contributed by atoms with Crippen LogP contribution in [0.15, 0.2) is 24.3 Å². The van der Waals surface area contributed by atoms with E-state index in [-0.39, 0.29) is 5.56 Å². The molecule has 1 aromatic carbocycles. The average Bonchev–Trinajstić information content (AvgIpc) is 2.71. The van der Waals surface area contributed by atoms with Gasteiger partial charge in [-0.1, -0.05) is 12.1 Å². The Bertz CT molecular complexity index is 708. The molecule has 0 aliphatic heterocycles. The molecule has 2 aromatic heterocycles. The minimum Gasteiger partial charge on any atom is -0.477 e. The summed E-state index contributed by atoms with van der Waals surface area (Å²) in [5.41, 5.74) is 2.98. The number of hydrogen-bond donors (Lipinski definition) is 2. The number of aromatic nitrogens is 3. The Kier molecular flexibility index (Phi) is 1.60. The number of para-hydroxylation sites is 2. The van der Waals surface area contributed by atoms with Crippen molar-refractivity contribution in [3.63, 3.8) is 0 Å². The van der Waals surface area contributed by atoms with Gasteiger partial charge in [0.1, 0.15) is 5.56 Å². The Balaban J connectivity index is 2.53. The van der Waals surface area contributed by atoms with E-state index in [1.165, 1.54) is 0 Å². The van der Waals surface area contributed by atoms with E-state index in [0.717, 1.165) is 11.0 Å². The highest BCUT2D eigenvalue weighted by atomic mass is 16.4. The highest BCUT2D eigenvalue weighted by molar-refractivity contribution is 5.98. The first-order valence-electron chi connectivity index (χ1n) is 4.87. The maximum Gasteiger partial charge on any atom is 0.341 e. The van der Waals surface area contributed by atoms with Crippen LogP contribution in [0.4, 0.5) is 0 Å². The smallest absolute Gasteiger partial charge is 0.341 e. The Morgan fingerprint density at radius 3 is 2.94 bits per heavy atom. The first-order chi connectivity index (χ1) is 7.68. The van der Waals surface area contributed by atoms with Crippen LogP contribution in [-0.2, 0) is 0 Å². The molecule has 0 amide bonds. The Labute approximate surface area is 90.3 Å². The first-order valence-corrected chi connectivity index (χ1v) is 4.87. The van der Waals surface area contributed by atoms with Crippen LogP contribution in [0.25, 0.3) is 16.7 Å². The van der Waals surface area contributed by atoms with Crippen LogP contribution >= 0.6 is 0 Å². The summed E-state index contributed by atoms with van der Waals surface area (Å²) in [6.45, 7) is 1.73. The van der Waals surface area contributed by atoms with Gasteiger partial charge in [0.05, 0.1) is 11.0 Å². The molecule has 0 saturated heterocycles. The van der Waals surface area contributed by atoms with E-state index in [2.05, 4.69) is 10.1 Å². The summed E-state index contributed by atoms with van der Waals surface area (Å²) in [4.78, 5) is 15.4. The summed E-state index contributed by atoms with van der Waals surface area (Å²) in [5, 5.41) is 12.1. The summed E-state index contributed by atoms with van der Waals surface area (Å²) in [5.74, 6) is -0.959. The number of carboxylic acid groups (broad SMARTS) is 1. The van der Waals surface area contributed by atoms with Crippen molar-refractivity contribution in [1.82, 2.24) is 14.6 Å². The number of aryl methyl sites for hydroxylation is 1. The van der Waals surface area contributed by atoms with Gasteiger partial charge in [0.2, 0.25) is 0 Å². The van der Waals surface area contributed by atoms with Crippen molar-refractivity contribution in [1.29, 1.82) is 0 Å². The van der Waals surface area contributed by atoms with E-state index in [9.17, 15) is 4.79 Å². The molecule has 0 atom stereocenters. The Morgan fingerprint density at radius 1 is 1.44 bits per heavy atom. The number of aromatic carboxylic acids is 1. The Morgan fingerprint density at radius 2 is 2.19 bits per heavy atom. The largest absolute Gasteiger partial charge is 0.477 e. The quantitative estimate of drug-likeness (QED) is 0.650. The molecule has 0 fully saturated rings. The minimum absolute atomic E-state index is 0.233. The summed E-state index contributed by atoms with van der Waals surface area (Å²) >= 11 is 0. The SMILES string of the molecule is Cc1[nH]n2c(nc3ccccc32)c1C(=O)O. The van der Waals surface area contributed by atoms with E-state index < -0.39 is 5.97 Å². The van der Waals surface area contributed by atoms with E-state index >= 15 is 0 Å². The third-order valence-electron chi connectivity index (χ3n) is 2.65. The summed E-state index contributed by atoms with van der Waals surface area (Å²) < 4.78 is 1.70. The third kappa shape index (κ3) is 0.995. The van der Waals surface area contributed by atoms with Gasteiger partial charge in [-0.05, 0) is 19.1 Å². The molecule has 5 nitrogen and oxygen atoms in total. The fourth-order valence-electron chi connectivity index (χ4n) is 1.95. The molecule has 5 heteroatoms. The average molecular weight is 215 g/mol. The molecule has 3 rings (SSSR count). The molecule has 0 bridgehead atoms. The molecule has 0 aliphatic carbocycles. The highest BCUT2D eigenvalue weighted by Gasteiger charge is 2.18. The third-order valence-corrected chi connectivity index (χ3v) is 2.65. The summed E-state index contributed by atoms with van der Waals surface area (Å²) in [6, 6.07) is 7.53. The van der Waals surface area contributed by atoms with Crippen molar-refractivity contribution in [3.8, 4) is 0 Å². The molecular weight excluding hydrogens is 206 g/mol. The Hall–Kier alpha value is -2.30. The molecular formula is C11H9N3O2. The van der Waals surface area contributed by atoms with Crippen LogP contribution in [0.5, 0.6) is 0 Å². The molecule has 0 unspecified atom stereocenters. The van der Waals surface area contributed by atoms with E-state index in [0.29, 0.717) is 11.3 Å². The molecule has 0 radical (unpaired) electrons. The van der Waals surface area contributed by atoms with Gasteiger partial charge in [0, 0.05) is 5.69 Å². The van der Waals surface area contributed by atoms with Gasteiger partial charge in [-0.2, -0.15) is 0 Å². The maximum atomic E-state index is 11.1. The number of hydrogen-bond acceptors (Lipinski definition) is 2. The topological polar surface area (TPSA) is 70.4 Å². The van der Waals surface area contributed by atoms with E-state index in [1.807, 2.05) is 24.3 Å². The van der Waals surface area contributed by atoms with Crippen molar-refractivity contribution in [2.75, 3.05) is 0 Å². The number of imidazole rings is 1. The summed E-state index contributed by atoms with van der Waals surface area (Å²) in [7, 11) is 0. The standard InChI is InChI=1S/C11H9N3O2/c1-6-9(11(15)16)10-12-7-4-2-3-5-8(7)14(10)13-6/h2-5,13H,1H3,(H,15,16). The lowest BCUT2D eigenvalue weighted by molar-refractivity contribution is 0.0698. The van der Waals surface area contributed by atoms with Gasteiger partial charge in [-0.15, -0.1) is 0 Å². The monoisotopic (exact) mass is 215 g/mol. The minimum atomic E-state index is -0.959. The molecule has 0 spiro atoms. The number of benzene rings is 1. The van der Waals surface area contributed by atoms with Gasteiger partial charge in [0.15, 0.2) is 5.65 Å². The number of nitrogens with zero attached hydrogens (tertiary/aromatic N) is 2. The van der Waals surface area contributed by atoms with Crippen molar-refractivity contribution >= 4 is 22.6 Å². The van der Waals surface area contributed by atoms with Gasteiger partial charge >= 0.3 is 5.97 Å². The second-order valence-electron chi connectivity index (χ2n) is 3.68. The lowest BCUT2D eigenvalue weighted by Gasteiger charge is -1.89. The number of H-pyrrole nitrogens is 1. The van der Waals surface area contributed by atoms with Crippen LogP contribution in [0.3, 0.4) is 0 Å². The van der Waals surface area contributed by atoms with Crippen LogP contribution in [-0.4, -0.2) is 25.7 Å². The second-order valence-corrected chi connectivity index (χ2v) is 3.68. The predicted molar refractivity (Wildman–Crippen MR) is 58.7 cm³/mol. The number of rotatable bonds is 1. The zero-order valence-electron chi connectivity index (χ0n) is 8.56. The van der Waals surface area contributed by atoms with Gasteiger partial charge in [-0.25, -0.2) is 14.3 Å². The lowest BCUT2D eigenvalue weighted by atomic mass is 10.2. The lowest BCUT2D eigenvalue weighted by Crippen LogP contribution is -1.97. The number of aromatic amines is 1. The molecule has 0 aliphatic rings. The molecule has 2 N–H and O–H groups in total. The molecule has 2 heterocycles. The fraction of sp³-hybridized carbons (Fsp3) is 0.0909. The van der Waals surface area contributed by atoms with Crippen molar-refractivity contribution < 1.29 is 9.90 Å². The summed E-state index contributed by atoms with van der Waals surface area (Å²) in [6.07, 6.45) is 0. The molecule has 3 aromatic rings. The fourth-order valence-corrected chi connectivity index (χ4v) is 1.95. The second kappa shape index (κ2) is 2.85. The zero-order chi connectivity index (χ0) is 11.3. The highest BCUT2D eigenvalue weighted by Crippen LogP contribution is 2.20. The van der Waals surface area contributed by atoms with Gasteiger partial charge in [-0.3, -0.25) is 5.10 Å². The molecule has 16 heavy (non-hydrogen) atoms. The molecule has 0 saturated carbocycles. The van der Waals surface area contributed by atoms with E-state index in [4.69, 9.17) is 5.11 Å². The normalized spacial score (nSPS) is 11.3. The van der Waals surface area contributed by atoms with Crippen molar-refractivity contribution in [2.24, 2.45) is 0 Å². The van der Waals surface area contributed by atoms with Crippen LogP contribution in [0.2, 0.25) is 0 Å². The van der Waals surface area contributed by atoms with Gasteiger partial charge in [0.25, 0.3) is 0 Å². The van der Waals surface area contributed by atoms with Crippen LogP contribution < -0.4 is 0 Å². The first kappa shape index (κ1) is 8.96. The predicted octanol–water partition coefficient (Wildman–Crippen LogP) is 1.82. The van der Waals surface area contributed by atoms with Crippen LogP contribution in [0.1, 0.15) is 16.1 Å². The number of fused-ring (bicyclic) bond motifs is 3. The number of nitrogens with one attached hydrogen (secondary N) is 1. The number of carbonyl (C=O) groups is 1. The van der Waals surface area contributed by atoms with Crippen LogP contribution in [0, 0.1) is 6.92 Å². The van der Waals surface area contributed by atoms with Crippen molar-refractivity contribution in [2.45, 2.75) is 6.92 Å². The van der Waals surface area contributed by atoms with Gasteiger partial charge < -0.3 is 5.11 Å². The zero-order valence-corrected chi connectivity index (χ0v) is 8.56.